The van der Waals surface area contributed by atoms with Crippen molar-refractivity contribution >= 4 is 28.8 Å². The molecule has 3 heteroatoms. The van der Waals surface area contributed by atoms with Gasteiger partial charge in [0.25, 0.3) is 0 Å². The van der Waals surface area contributed by atoms with Gasteiger partial charge in [-0.3, -0.25) is 4.79 Å². The van der Waals surface area contributed by atoms with Crippen molar-refractivity contribution in [2.75, 3.05) is 0 Å². The monoisotopic (exact) mass is 255 g/mol. The fourth-order valence-corrected chi connectivity index (χ4v) is 2.38. The molecule has 1 aromatic heterocycles. The van der Waals surface area contributed by atoms with Gasteiger partial charge in [-0.2, -0.15) is 0 Å². The normalized spacial score (nSPS) is 10.7. The predicted octanol–water partition coefficient (Wildman–Crippen LogP) is 4.30. The van der Waals surface area contributed by atoms with Gasteiger partial charge < -0.3 is 4.98 Å². The summed E-state index contributed by atoms with van der Waals surface area (Å²) >= 11 is 6.14. The van der Waals surface area contributed by atoms with E-state index in [1.54, 1.807) is 0 Å². The number of nitrogens with one attached hydrogen (secondary N) is 1. The van der Waals surface area contributed by atoms with E-state index in [-0.39, 0.29) is 0 Å². The van der Waals surface area contributed by atoms with Gasteiger partial charge in [-0.15, -0.1) is 0 Å². The molecule has 0 saturated heterocycles. The largest absolute Gasteiger partial charge is 0.353 e. The van der Waals surface area contributed by atoms with Gasteiger partial charge in [0, 0.05) is 10.9 Å². The molecule has 1 heterocycles. The van der Waals surface area contributed by atoms with Crippen LogP contribution in [0.25, 0.3) is 22.2 Å². The Morgan fingerprint density at radius 2 is 1.78 bits per heavy atom. The second-order valence-corrected chi connectivity index (χ2v) is 4.47. The lowest BCUT2D eigenvalue weighted by atomic mass is 10.1. The number of para-hydroxylation sites is 1. The number of H-pyrrole nitrogens is 1. The van der Waals surface area contributed by atoms with E-state index in [4.69, 9.17) is 11.6 Å². The van der Waals surface area contributed by atoms with E-state index in [0.717, 1.165) is 28.4 Å². The molecular weight excluding hydrogens is 246 g/mol. The predicted molar refractivity (Wildman–Crippen MR) is 74.1 cm³/mol. The van der Waals surface area contributed by atoms with Crippen molar-refractivity contribution in [1.82, 2.24) is 4.98 Å². The van der Waals surface area contributed by atoms with Gasteiger partial charge in [0.2, 0.25) is 0 Å². The summed E-state index contributed by atoms with van der Waals surface area (Å²) in [6.45, 7) is 0. The van der Waals surface area contributed by atoms with Gasteiger partial charge in [0.1, 0.15) is 0 Å². The number of fused-ring (bicyclic) bond motifs is 1. The van der Waals surface area contributed by atoms with Crippen LogP contribution in [0.1, 0.15) is 10.4 Å². The molecule has 0 aliphatic rings. The number of aldehydes is 1. The topological polar surface area (TPSA) is 32.9 Å². The summed E-state index contributed by atoms with van der Waals surface area (Å²) in [5.41, 5.74) is 3.25. The molecule has 1 N–H and O–H groups in total. The van der Waals surface area contributed by atoms with E-state index in [0.29, 0.717) is 10.6 Å². The Morgan fingerprint density at radius 3 is 2.50 bits per heavy atom. The molecule has 3 aromatic rings. The highest BCUT2D eigenvalue weighted by atomic mass is 35.5. The Labute approximate surface area is 109 Å². The van der Waals surface area contributed by atoms with E-state index < -0.39 is 0 Å². The molecule has 2 aromatic carbocycles. The van der Waals surface area contributed by atoms with E-state index in [1.165, 1.54) is 0 Å². The Bertz CT molecular complexity index is 716. The van der Waals surface area contributed by atoms with Crippen molar-refractivity contribution in [2.24, 2.45) is 0 Å². The number of carbonyl (C=O) groups excluding carboxylic acids is 1. The highest BCUT2D eigenvalue weighted by Crippen LogP contribution is 2.32. The lowest BCUT2D eigenvalue weighted by Crippen LogP contribution is -1.83. The zero-order chi connectivity index (χ0) is 12.5. The highest BCUT2D eigenvalue weighted by molar-refractivity contribution is 6.35. The summed E-state index contributed by atoms with van der Waals surface area (Å²) in [7, 11) is 0. The molecule has 0 aliphatic carbocycles. The second kappa shape index (κ2) is 4.31. The summed E-state index contributed by atoms with van der Waals surface area (Å²) in [6.07, 6.45) is 0.873. The minimum absolute atomic E-state index is 0.623. The number of hydrogen-bond donors (Lipinski definition) is 1. The van der Waals surface area contributed by atoms with Gasteiger partial charge in [0.15, 0.2) is 6.29 Å². The van der Waals surface area contributed by atoms with Crippen LogP contribution in [0.4, 0.5) is 0 Å². The van der Waals surface area contributed by atoms with Crippen LogP contribution >= 0.6 is 11.6 Å². The van der Waals surface area contributed by atoms with Gasteiger partial charge in [-0.25, -0.2) is 0 Å². The van der Waals surface area contributed by atoms with Crippen LogP contribution in [0.15, 0.2) is 48.5 Å². The molecular formula is C15H10ClNO. The van der Waals surface area contributed by atoms with Crippen LogP contribution in [0.2, 0.25) is 5.02 Å². The summed E-state index contributed by atoms with van der Waals surface area (Å²) < 4.78 is 0. The van der Waals surface area contributed by atoms with E-state index in [1.807, 2.05) is 48.5 Å². The molecule has 0 bridgehead atoms. The van der Waals surface area contributed by atoms with Gasteiger partial charge in [-0.1, -0.05) is 54.1 Å². The number of aromatic nitrogens is 1. The Hall–Kier alpha value is -2.06. The molecule has 88 valence electrons. The van der Waals surface area contributed by atoms with Crippen LogP contribution in [0.3, 0.4) is 0 Å². The Morgan fingerprint density at radius 1 is 1.00 bits per heavy atom. The van der Waals surface area contributed by atoms with Crippen LogP contribution in [0, 0.1) is 0 Å². The number of rotatable bonds is 2. The summed E-state index contributed by atoms with van der Waals surface area (Å²) in [6, 6.07) is 15.3. The lowest BCUT2D eigenvalue weighted by Gasteiger charge is -1.98. The molecule has 0 amide bonds. The minimum Gasteiger partial charge on any atom is -0.353 e. The molecule has 2 nitrogen and oxygen atoms in total. The summed E-state index contributed by atoms with van der Waals surface area (Å²) in [5.74, 6) is 0. The van der Waals surface area contributed by atoms with E-state index >= 15 is 0 Å². The molecule has 3 rings (SSSR count). The zero-order valence-electron chi connectivity index (χ0n) is 9.48. The lowest BCUT2D eigenvalue weighted by molar-refractivity contribution is 0.112. The maximum absolute atomic E-state index is 11.3. The fourth-order valence-electron chi connectivity index (χ4n) is 2.16. The summed E-state index contributed by atoms with van der Waals surface area (Å²) in [4.78, 5) is 14.6. The van der Waals surface area contributed by atoms with Crippen LogP contribution < -0.4 is 0 Å². The van der Waals surface area contributed by atoms with Crippen molar-refractivity contribution < 1.29 is 4.79 Å². The van der Waals surface area contributed by atoms with Crippen molar-refractivity contribution in [2.45, 2.75) is 0 Å². The minimum atomic E-state index is 0.623. The first-order chi connectivity index (χ1) is 8.81. The second-order valence-electron chi connectivity index (χ2n) is 4.06. The summed E-state index contributed by atoms with van der Waals surface area (Å²) in [5, 5.41) is 1.48. The number of hydrogen-bond acceptors (Lipinski definition) is 1. The first-order valence-corrected chi connectivity index (χ1v) is 6.00. The molecule has 0 radical (unpaired) electrons. The smallest absolute Gasteiger partial charge is 0.152 e. The zero-order valence-corrected chi connectivity index (χ0v) is 10.2. The maximum Gasteiger partial charge on any atom is 0.152 e. The Kier molecular flexibility index (Phi) is 2.65. The molecule has 0 saturated carbocycles. The molecule has 0 spiro atoms. The average Bonchev–Trinajstić information content (AvgIpc) is 2.80. The third-order valence-electron chi connectivity index (χ3n) is 3.00. The van der Waals surface area contributed by atoms with Crippen molar-refractivity contribution in [3.05, 3.63) is 59.1 Å². The first-order valence-electron chi connectivity index (χ1n) is 5.62. The molecule has 0 fully saturated rings. The molecule has 0 atom stereocenters. The first kappa shape index (κ1) is 11.1. The van der Waals surface area contributed by atoms with Crippen LogP contribution in [-0.2, 0) is 0 Å². The number of carbonyl (C=O) groups is 1. The third kappa shape index (κ3) is 1.62. The standard InChI is InChI=1S/C15H10ClNO/c16-13-8-4-7-11-12(9-18)14(17-15(11)13)10-5-2-1-3-6-10/h1-9,17H. The molecule has 0 aliphatic heterocycles. The van der Waals surface area contributed by atoms with E-state index in [2.05, 4.69) is 4.98 Å². The van der Waals surface area contributed by atoms with Gasteiger partial charge in [-0.05, 0) is 11.6 Å². The van der Waals surface area contributed by atoms with Crippen molar-refractivity contribution in [3.63, 3.8) is 0 Å². The third-order valence-corrected chi connectivity index (χ3v) is 3.32. The van der Waals surface area contributed by atoms with Crippen molar-refractivity contribution in [1.29, 1.82) is 0 Å². The number of benzene rings is 2. The number of halogens is 1. The Balaban J connectivity index is 2.37. The average molecular weight is 256 g/mol. The van der Waals surface area contributed by atoms with Crippen LogP contribution in [-0.4, -0.2) is 11.3 Å². The van der Waals surface area contributed by atoms with Crippen molar-refractivity contribution in [3.8, 4) is 11.3 Å². The van der Waals surface area contributed by atoms with Gasteiger partial charge in [0.05, 0.1) is 16.2 Å². The van der Waals surface area contributed by atoms with Crippen LogP contribution in [0.5, 0.6) is 0 Å². The highest BCUT2D eigenvalue weighted by Gasteiger charge is 2.13. The van der Waals surface area contributed by atoms with Gasteiger partial charge >= 0.3 is 0 Å². The fraction of sp³-hybridized carbons (Fsp3) is 0. The maximum atomic E-state index is 11.3. The van der Waals surface area contributed by atoms with E-state index in [9.17, 15) is 4.79 Å². The molecule has 18 heavy (non-hydrogen) atoms. The number of aromatic amines is 1. The SMILES string of the molecule is O=Cc1c(-c2ccccc2)[nH]c2c(Cl)cccc12. The quantitative estimate of drug-likeness (QED) is 0.681. The molecule has 0 unspecified atom stereocenters.